The summed E-state index contributed by atoms with van der Waals surface area (Å²) in [6, 6.07) is 0. The van der Waals surface area contributed by atoms with Crippen LogP contribution in [0.15, 0.2) is 12.2 Å². The smallest absolute Gasteiger partial charge is 0.307 e. The van der Waals surface area contributed by atoms with Gasteiger partial charge in [0.25, 0.3) is 0 Å². The third kappa shape index (κ3) is 3.10. The van der Waals surface area contributed by atoms with Crippen molar-refractivity contribution in [2.45, 2.75) is 31.8 Å². The van der Waals surface area contributed by atoms with Crippen LogP contribution in [-0.2, 0) is 14.3 Å². The van der Waals surface area contributed by atoms with Crippen LogP contribution in [0.25, 0.3) is 0 Å². The molecule has 2 aliphatic rings. The highest BCUT2D eigenvalue weighted by molar-refractivity contribution is 5.85. The molecule has 1 heterocycles. The maximum atomic E-state index is 12.0. The van der Waals surface area contributed by atoms with Gasteiger partial charge in [0.2, 0.25) is 5.91 Å². The molecule has 0 aromatic carbocycles. The summed E-state index contributed by atoms with van der Waals surface area (Å²) < 4.78 is 5.42. The second kappa shape index (κ2) is 6.00. The SMILES string of the molecule is O=C(O)C1CC=CCC1C(=O)NCC1CCCO1. The van der Waals surface area contributed by atoms with Crippen molar-refractivity contribution in [3.05, 3.63) is 12.2 Å². The average Bonchev–Trinajstić information content (AvgIpc) is 2.89. The number of allylic oxidation sites excluding steroid dienone is 2. The van der Waals surface area contributed by atoms with E-state index in [4.69, 9.17) is 9.84 Å². The second-order valence-electron chi connectivity index (χ2n) is 4.87. The van der Waals surface area contributed by atoms with Gasteiger partial charge < -0.3 is 15.2 Å². The normalized spacial score (nSPS) is 31.2. The van der Waals surface area contributed by atoms with E-state index in [0.717, 1.165) is 19.4 Å². The number of amides is 1. The molecule has 3 unspecified atom stereocenters. The molecule has 0 aromatic heterocycles. The van der Waals surface area contributed by atoms with Gasteiger partial charge in [0, 0.05) is 13.2 Å². The van der Waals surface area contributed by atoms with E-state index in [2.05, 4.69) is 5.32 Å². The fourth-order valence-electron chi connectivity index (χ4n) is 2.53. The number of aliphatic carboxylic acids is 1. The minimum absolute atomic E-state index is 0.0939. The first kappa shape index (κ1) is 13.1. The molecule has 1 amide bonds. The van der Waals surface area contributed by atoms with E-state index in [9.17, 15) is 9.59 Å². The van der Waals surface area contributed by atoms with Gasteiger partial charge in [0.05, 0.1) is 17.9 Å². The molecule has 18 heavy (non-hydrogen) atoms. The van der Waals surface area contributed by atoms with Crippen molar-refractivity contribution >= 4 is 11.9 Å². The number of hydrogen-bond acceptors (Lipinski definition) is 3. The van der Waals surface area contributed by atoms with Gasteiger partial charge in [-0.3, -0.25) is 9.59 Å². The molecular weight excluding hydrogens is 234 g/mol. The summed E-state index contributed by atoms with van der Waals surface area (Å²) in [7, 11) is 0. The van der Waals surface area contributed by atoms with Gasteiger partial charge in [0.15, 0.2) is 0 Å². The van der Waals surface area contributed by atoms with Gasteiger partial charge in [0.1, 0.15) is 0 Å². The summed E-state index contributed by atoms with van der Waals surface area (Å²) >= 11 is 0. The molecule has 1 aliphatic carbocycles. The third-order valence-corrected chi connectivity index (χ3v) is 3.61. The summed E-state index contributed by atoms with van der Waals surface area (Å²) in [5.74, 6) is -2.10. The maximum absolute atomic E-state index is 12.0. The zero-order valence-electron chi connectivity index (χ0n) is 10.3. The monoisotopic (exact) mass is 253 g/mol. The lowest BCUT2D eigenvalue weighted by Crippen LogP contribution is -2.41. The van der Waals surface area contributed by atoms with Crippen molar-refractivity contribution in [2.24, 2.45) is 11.8 Å². The number of carbonyl (C=O) groups excluding carboxylic acids is 1. The minimum Gasteiger partial charge on any atom is -0.481 e. The van der Waals surface area contributed by atoms with Gasteiger partial charge in [-0.25, -0.2) is 0 Å². The zero-order valence-corrected chi connectivity index (χ0v) is 10.3. The minimum atomic E-state index is -0.892. The second-order valence-corrected chi connectivity index (χ2v) is 4.87. The molecule has 2 N–H and O–H groups in total. The first-order valence-electron chi connectivity index (χ1n) is 6.45. The standard InChI is InChI=1S/C13H19NO4/c15-12(14-8-9-4-3-7-18-9)10-5-1-2-6-11(10)13(16)17/h1-2,9-11H,3-8H2,(H,14,15)(H,16,17). The Morgan fingerprint density at radius 1 is 1.28 bits per heavy atom. The summed E-state index contributed by atoms with van der Waals surface area (Å²) in [6.07, 6.45) is 6.76. The van der Waals surface area contributed by atoms with Crippen LogP contribution in [0.3, 0.4) is 0 Å². The number of carboxylic acids is 1. The average molecular weight is 253 g/mol. The molecule has 3 atom stereocenters. The van der Waals surface area contributed by atoms with E-state index >= 15 is 0 Å². The molecule has 0 spiro atoms. The number of nitrogens with one attached hydrogen (secondary N) is 1. The van der Waals surface area contributed by atoms with Crippen LogP contribution in [0, 0.1) is 11.8 Å². The Kier molecular flexibility index (Phi) is 4.36. The molecule has 5 heteroatoms. The van der Waals surface area contributed by atoms with Gasteiger partial charge in [-0.2, -0.15) is 0 Å². The Bertz CT molecular complexity index is 347. The molecule has 0 saturated carbocycles. The van der Waals surface area contributed by atoms with E-state index in [-0.39, 0.29) is 12.0 Å². The van der Waals surface area contributed by atoms with Gasteiger partial charge in [-0.15, -0.1) is 0 Å². The van der Waals surface area contributed by atoms with Crippen LogP contribution in [0.2, 0.25) is 0 Å². The number of ether oxygens (including phenoxy) is 1. The largest absolute Gasteiger partial charge is 0.481 e. The lowest BCUT2D eigenvalue weighted by molar-refractivity contribution is -0.147. The van der Waals surface area contributed by atoms with E-state index in [1.807, 2.05) is 12.2 Å². The van der Waals surface area contributed by atoms with Crippen molar-refractivity contribution in [2.75, 3.05) is 13.2 Å². The molecule has 1 fully saturated rings. The molecule has 0 bridgehead atoms. The quantitative estimate of drug-likeness (QED) is 0.731. The molecule has 5 nitrogen and oxygen atoms in total. The molecule has 1 aliphatic heterocycles. The van der Waals surface area contributed by atoms with Crippen LogP contribution in [0.5, 0.6) is 0 Å². The van der Waals surface area contributed by atoms with Gasteiger partial charge in [-0.1, -0.05) is 12.2 Å². The number of hydrogen-bond donors (Lipinski definition) is 2. The maximum Gasteiger partial charge on any atom is 0.307 e. The van der Waals surface area contributed by atoms with E-state index in [1.165, 1.54) is 0 Å². The van der Waals surface area contributed by atoms with Crippen molar-refractivity contribution in [1.82, 2.24) is 5.32 Å². The molecule has 0 aromatic rings. The molecule has 0 radical (unpaired) electrons. The van der Waals surface area contributed by atoms with Crippen molar-refractivity contribution in [1.29, 1.82) is 0 Å². The summed E-state index contributed by atoms with van der Waals surface area (Å²) in [5.41, 5.74) is 0. The number of carbonyl (C=O) groups is 2. The zero-order chi connectivity index (χ0) is 13.0. The predicted octanol–water partition coefficient (Wildman–Crippen LogP) is 0.949. The first-order chi connectivity index (χ1) is 8.68. The van der Waals surface area contributed by atoms with Crippen molar-refractivity contribution < 1.29 is 19.4 Å². The number of carboxylic acid groups (broad SMARTS) is 1. The Morgan fingerprint density at radius 3 is 2.61 bits per heavy atom. The van der Waals surface area contributed by atoms with Crippen LogP contribution >= 0.6 is 0 Å². The first-order valence-corrected chi connectivity index (χ1v) is 6.45. The lowest BCUT2D eigenvalue weighted by atomic mass is 9.82. The van der Waals surface area contributed by atoms with Crippen LogP contribution in [0.4, 0.5) is 0 Å². The summed E-state index contributed by atoms with van der Waals surface area (Å²) in [6.45, 7) is 1.25. The summed E-state index contributed by atoms with van der Waals surface area (Å²) in [5, 5.41) is 11.9. The van der Waals surface area contributed by atoms with Crippen LogP contribution in [0.1, 0.15) is 25.7 Å². The molecule has 2 rings (SSSR count). The van der Waals surface area contributed by atoms with Crippen molar-refractivity contribution in [3.8, 4) is 0 Å². The fourth-order valence-corrected chi connectivity index (χ4v) is 2.53. The highest BCUT2D eigenvalue weighted by atomic mass is 16.5. The predicted molar refractivity (Wildman–Crippen MR) is 65.0 cm³/mol. The van der Waals surface area contributed by atoms with Gasteiger partial charge >= 0.3 is 5.97 Å². The van der Waals surface area contributed by atoms with E-state index in [1.54, 1.807) is 0 Å². The van der Waals surface area contributed by atoms with Crippen LogP contribution in [-0.4, -0.2) is 36.2 Å². The highest BCUT2D eigenvalue weighted by Gasteiger charge is 2.34. The van der Waals surface area contributed by atoms with E-state index in [0.29, 0.717) is 19.4 Å². The molecule has 1 saturated heterocycles. The fraction of sp³-hybridized carbons (Fsp3) is 0.692. The highest BCUT2D eigenvalue weighted by Crippen LogP contribution is 2.26. The van der Waals surface area contributed by atoms with E-state index < -0.39 is 17.8 Å². The summed E-state index contributed by atoms with van der Waals surface area (Å²) in [4.78, 5) is 23.1. The van der Waals surface area contributed by atoms with Crippen LogP contribution < -0.4 is 5.32 Å². The Morgan fingerprint density at radius 2 is 2.00 bits per heavy atom. The Hall–Kier alpha value is -1.36. The van der Waals surface area contributed by atoms with Crippen molar-refractivity contribution in [3.63, 3.8) is 0 Å². The molecule has 100 valence electrons. The molecular formula is C13H19NO4. The lowest BCUT2D eigenvalue weighted by Gasteiger charge is -2.24. The Balaban J connectivity index is 1.86. The Labute approximate surface area is 106 Å². The topological polar surface area (TPSA) is 75.6 Å². The number of rotatable bonds is 4. The third-order valence-electron chi connectivity index (χ3n) is 3.61. The van der Waals surface area contributed by atoms with Gasteiger partial charge in [-0.05, 0) is 25.7 Å².